The molecule has 0 bridgehead atoms. The first kappa shape index (κ1) is 12.5. The van der Waals surface area contributed by atoms with Crippen LogP contribution >= 0.6 is 11.6 Å². The molecule has 1 rings (SSSR count). The van der Waals surface area contributed by atoms with Crippen molar-refractivity contribution >= 4 is 11.6 Å². The summed E-state index contributed by atoms with van der Waals surface area (Å²) in [5.41, 5.74) is 1.18. The minimum absolute atomic E-state index is 0.554. The van der Waals surface area contributed by atoms with Crippen molar-refractivity contribution in [2.45, 2.75) is 45.7 Å². The van der Waals surface area contributed by atoms with Gasteiger partial charge in [-0.15, -0.1) is 0 Å². The van der Waals surface area contributed by atoms with E-state index < -0.39 is 0 Å². The molecule has 0 amide bonds. The van der Waals surface area contributed by atoms with Gasteiger partial charge in [0.1, 0.15) is 5.15 Å². The second kappa shape index (κ2) is 6.81. The van der Waals surface area contributed by atoms with Gasteiger partial charge in [0.25, 0.3) is 0 Å². The van der Waals surface area contributed by atoms with E-state index in [0.717, 1.165) is 6.54 Å². The summed E-state index contributed by atoms with van der Waals surface area (Å²) in [6.45, 7) is 5.31. The normalized spacial score (nSPS) is 12.7. The Morgan fingerprint density at radius 1 is 1.47 bits per heavy atom. The Balaban J connectivity index is 2.27. The summed E-state index contributed by atoms with van der Waals surface area (Å²) in [4.78, 5) is 4.04. The number of halogens is 1. The van der Waals surface area contributed by atoms with Crippen molar-refractivity contribution in [2.75, 3.05) is 0 Å². The van der Waals surface area contributed by atoms with Crippen LogP contribution in [0.5, 0.6) is 0 Å². The standard InChI is InChI=1S/C12H19ClN2/c1-3-4-5-10(2)14-8-11-6-7-12(13)15-9-11/h6-7,9-10,14H,3-5,8H2,1-2H3. The van der Waals surface area contributed by atoms with Gasteiger partial charge in [-0.1, -0.05) is 37.4 Å². The Hall–Kier alpha value is -0.600. The predicted molar refractivity (Wildman–Crippen MR) is 65.1 cm³/mol. The lowest BCUT2D eigenvalue weighted by Gasteiger charge is -2.12. The maximum absolute atomic E-state index is 5.71. The van der Waals surface area contributed by atoms with Crippen molar-refractivity contribution < 1.29 is 0 Å². The Morgan fingerprint density at radius 3 is 2.87 bits per heavy atom. The number of pyridine rings is 1. The highest BCUT2D eigenvalue weighted by molar-refractivity contribution is 6.29. The molecule has 0 aromatic carbocycles. The van der Waals surface area contributed by atoms with Gasteiger partial charge in [-0.2, -0.15) is 0 Å². The van der Waals surface area contributed by atoms with Gasteiger partial charge < -0.3 is 5.32 Å². The minimum atomic E-state index is 0.554. The molecular weight excluding hydrogens is 208 g/mol. The number of aromatic nitrogens is 1. The van der Waals surface area contributed by atoms with Crippen molar-refractivity contribution in [1.29, 1.82) is 0 Å². The molecule has 2 nitrogen and oxygen atoms in total. The van der Waals surface area contributed by atoms with E-state index in [1.807, 2.05) is 18.3 Å². The quantitative estimate of drug-likeness (QED) is 0.752. The molecule has 1 unspecified atom stereocenters. The molecule has 3 heteroatoms. The van der Waals surface area contributed by atoms with Gasteiger partial charge in [0.05, 0.1) is 0 Å². The summed E-state index contributed by atoms with van der Waals surface area (Å²) in [6, 6.07) is 4.41. The summed E-state index contributed by atoms with van der Waals surface area (Å²) in [5, 5.41) is 4.02. The van der Waals surface area contributed by atoms with E-state index in [4.69, 9.17) is 11.6 Å². The molecule has 1 atom stereocenters. The van der Waals surface area contributed by atoms with Crippen LogP contribution in [0.1, 0.15) is 38.7 Å². The highest BCUT2D eigenvalue weighted by atomic mass is 35.5. The van der Waals surface area contributed by atoms with Crippen LogP contribution in [0, 0.1) is 0 Å². The fourth-order valence-corrected chi connectivity index (χ4v) is 1.53. The Bertz CT molecular complexity index is 271. The fourth-order valence-electron chi connectivity index (χ4n) is 1.42. The maximum atomic E-state index is 5.71. The number of nitrogens with zero attached hydrogens (tertiary/aromatic N) is 1. The van der Waals surface area contributed by atoms with Gasteiger partial charge in [0.2, 0.25) is 0 Å². The van der Waals surface area contributed by atoms with Crippen LogP contribution in [0.4, 0.5) is 0 Å². The largest absolute Gasteiger partial charge is 0.310 e. The first-order chi connectivity index (χ1) is 7.22. The summed E-state index contributed by atoms with van der Waals surface area (Å²) in [6.07, 6.45) is 5.60. The number of rotatable bonds is 6. The third-order valence-electron chi connectivity index (χ3n) is 2.43. The first-order valence-corrected chi connectivity index (χ1v) is 5.94. The van der Waals surface area contributed by atoms with Crippen molar-refractivity contribution in [3.63, 3.8) is 0 Å². The predicted octanol–water partition coefficient (Wildman–Crippen LogP) is 3.40. The van der Waals surface area contributed by atoms with Gasteiger partial charge in [0, 0.05) is 18.8 Å². The topological polar surface area (TPSA) is 24.9 Å². The molecule has 1 aromatic heterocycles. The zero-order valence-corrected chi connectivity index (χ0v) is 10.2. The smallest absolute Gasteiger partial charge is 0.129 e. The molecule has 0 aliphatic heterocycles. The molecule has 0 saturated carbocycles. The molecular formula is C12H19ClN2. The van der Waals surface area contributed by atoms with Crippen molar-refractivity contribution in [3.8, 4) is 0 Å². The van der Waals surface area contributed by atoms with E-state index in [1.54, 1.807) is 0 Å². The molecule has 84 valence electrons. The minimum Gasteiger partial charge on any atom is -0.310 e. The lowest BCUT2D eigenvalue weighted by molar-refractivity contribution is 0.494. The van der Waals surface area contributed by atoms with E-state index in [2.05, 4.69) is 24.1 Å². The maximum Gasteiger partial charge on any atom is 0.129 e. The van der Waals surface area contributed by atoms with Crippen LogP contribution in [0.3, 0.4) is 0 Å². The van der Waals surface area contributed by atoms with E-state index >= 15 is 0 Å². The van der Waals surface area contributed by atoms with Gasteiger partial charge in [0.15, 0.2) is 0 Å². The van der Waals surface area contributed by atoms with E-state index in [-0.39, 0.29) is 0 Å². The van der Waals surface area contributed by atoms with Crippen LogP contribution in [0.25, 0.3) is 0 Å². The zero-order valence-electron chi connectivity index (χ0n) is 9.46. The van der Waals surface area contributed by atoms with Crippen LogP contribution in [0.15, 0.2) is 18.3 Å². The molecule has 15 heavy (non-hydrogen) atoms. The molecule has 1 aromatic rings. The van der Waals surface area contributed by atoms with Crippen LogP contribution in [0.2, 0.25) is 5.15 Å². The van der Waals surface area contributed by atoms with Gasteiger partial charge in [-0.3, -0.25) is 0 Å². The highest BCUT2D eigenvalue weighted by Crippen LogP contribution is 2.06. The van der Waals surface area contributed by atoms with E-state index in [1.165, 1.54) is 24.8 Å². The van der Waals surface area contributed by atoms with Crippen molar-refractivity contribution in [3.05, 3.63) is 29.0 Å². The summed E-state index contributed by atoms with van der Waals surface area (Å²) in [7, 11) is 0. The summed E-state index contributed by atoms with van der Waals surface area (Å²) < 4.78 is 0. The number of hydrogen-bond acceptors (Lipinski definition) is 2. The van der Waals surface area contributed by atoms with Gasteiger partial charge in [-0.25, -0.2) is 4.98 Å². The van der Waals surface area contributed by atoms with E-state index in [0.29, 0.717) is 11.2 Å². The Morgan fingerprint density at radius 2 is 2.27 bits per heavy atom. The number of nitrogens with one attached hydrogen (secondary N) is 1. The molecule has 0 aliphatic carbocycles. The van der Waals surface area contributed by atoms with Crippen LogP contribution < -0.4 is 5.32 Å². The Labute approximate surface area is 97.1 Å². The third kappa shape index (κ3) is 5.14. The lowest BCUT2D eigenvalue weighted by atomic mass is 10.1. The fraction of sp³-hybridized carbons (Fsp3) is 0.583. The molecule has 0 saturated heterocycles. The number of unbranched alkanes of at least 4 members (excludes halogenated alkanes) is 1. The molecule has 0 radical (unpaired) electrons. The summed E-state index contributed by atoms with van der Waals surface area (Å²) >= 11 is 5.71. The van der Waals surface area contributed by atoms with Crippen LogP contribution in [-0.2, 0) is 6.54 Å². The highest BCUT2D eigenvalue weighted by Gasteiger charge is 2.00. The SMILES string of the molecule is CCCCC(C)NCc1ccc(Cl)nc1. The second-order valence-electron chi connectivity index (χ2n) is 3.91. The average Bonchev–Trinajstić information content (AvgIpc) is 2.25. The van der Waals surface area contributed by atoms with Gasteiger partial charge >= 0.3 is 0 Å². The molecule has 1 heterocycles. The summed E-state index contributed by atoms with van der Waals surface area (Å²) in [5.74, 6) is 0. The monoisotopic (exact) mass is 226 g/mol. The van der Waals surface area contributed by atoms with Gasteiger partial charge in [-0.05, 0) is 25.0 Å². The molecule has 0 fully saturated rings. The molecule has 0 spiro atoms. The Kier molecular flexibility index (Phi) is 5.66. The molecule has 1 N–H and O–H groups in total. The number of hydrogen-bond donors (Lipinski definition) is 1. The zero-order chi connectivity index (χ0) is 11.1. The molecule has 0 aliphatic rings. The van der Waals surface area contributed by atoms with Crippen LogP contribution in [-0.4, -0.2) is 11.0 Å². The van der Waals surface area contributed by atoms with Crippen molar-refractivity contribution in [2.24, 2.45) is 0 Å². The van der Waals surface area contributed by atoms with E-state index in [9.17, 15) is 0 Å². The first-order valence-electron chi connectivity index (χ1n) is 5.56. The lowest BCUT2D eigenvalue weighted by Crippen LogP contribution is -2.25. The second-order valence-corrected chi connectivity index (χ2v) is 4.30. The third-order valence-corrected chi connectivity index (χ3v) is 2.66. The average molecular weight is 227 g/mol. The van der Waals surface area contributed by atoms with Crippen molar-refractivity contribution in [1.82, 2.24) is 10.3 Å².